The van der Waals surface area contributed by atoms with Crippen LogP contribution in [0.4, 0.5) is 0 Å². The standard InChI is InChI=1S/C73H121N5O55/c1-17(89)74-34-45(103)54(125-69-51(109)60(42(100)26(10-83)119-69)131-67-49(107)48(106)39(97)23(7-80)117-67)28(12-85)121-64(34)115-16-31-44(102)61(52(110)70(124-31)128-57-37(77-20(4)92)63(112)116-24(8-81)40(57)98)130-66-36(76-19(3)91)46(104)55(29(13-86)123-66)126-68-50(108)59(41(99)25(9-82)118-68)129-65-35(75-18(2)90)47(105)56(30(14-87)122-65)127-71-53(111)62(43(101)27(11-84)120-71)133-73(72(113)114)5-21(93)33(78-32(95)15-88)58(132-73)38(96)22(94)6-79/h21-31,33-71,79-88,93-94,96-112H,5-16H2,1-4H3,(H,74,89)(H,75,90)(H,76,91)(H,77,92)(H,78,95)(H,113,114)/t21-,22+,23+,24+,25+,26+,27+,28+,29+,30+,31+,33+,34+,35+,36+,37+,38+,39-,40-,41-,42-,43-,44-,45+,46+,47+,48-,49+,50+,51+,52+,53+,54+,55+,56+,57+,58+,59-,60-,61-,62-,63?,64+,65-,66-,67?,68-,69?,70-,71?,73-/m0/s1. The Morgan fingerprint density at radius 3 is 1.02 bits per heavy atom. The van der Waals surface area contributed by atoms with Gasteiger partial charge in [0.1, 0.15) is 244 Å². The van der Waals surface area contributed by atoms with E-state index in [1.54, 1.807) is 0 Å². The molecule has 0 radical (unpaired) electrons. The van der Waals surface area contributed by atoms with E-state index in [0.29, 0.717) is 0 Å². The molecule has 0 aromatic heterocycles. The van der Waals surface area contributed by atoms with Crippen LogP contribution in [0.15, 0.2) is 0 Å². The van der Waals surface area contributed by atoms with Gasteiger partial charge in [-0.15, -0.1) is 0 Å². The fraction of sp³-hybridized carbons (Fsp3) is 0.918. The Morgan fingerprint density at radius 2 is 0.632 bits per heavy atom. The van der Waals surface area contributed by atoms with Gasteiger partial charge in [0.15, 0.2) is 56.6 Å². The van der Waals surface area contributed by atoms with Crippen molar-refractivity contribution in [2.75, 3.05) is 72.7 Å². The molecule has 133 heavy (non-hydrogen) atoms. The maximum absolute atomic E-state index is 13.3. The Kier molecular flexibility index (Phi) is 39.6. The molecular formula is C73H121N5O55. The maximum atomic E-state index is 13.3. The molecule has 0 spiro atoms. The van der Waals surface area contributed by atoms with Crippen LogP contribution in [0.1, 0.15) is 34.1 Å². The van der Waals surface area contributed by atoms with E-state index < -0.39 is 427 Å². The number of aliphatic hydroxyl groups is 29. The van der Waals surface area contributed by atoms with Crippen LogP contribution in [0.2, 0.25) is 0 Å². The Bertz CT molecular complexity index is 3700. The van der Waals surface area contributed by atoms with E-state index >= 15 is 0 Å². The highest BCUT2D eigenvalue weighted by Crippen LogP contribution is 2.43. The summed E-state index contributed by atoms with van der Waals surface area (Å²) in [7, 11) is 0. The van der Waals surface area contributed by atoms with Crippen LogP contribution in [0.3, 0.4) is 0 Å². The molecule has 0 aromatic rings. The van der Waals surface area contributed by atoms with Crippen molar-refractivity contribution in [3.63, 3.8) is 0 Å². The summed E-state index contributed by atoms with van der Waals surface area (Å²) in [6, 6.07) is -9.79. The molecule has 10 saturated heterocycles. The van der Waals surface area contributed by atoms with E-state index in [1.807, 2.05) is 0 Å². The van der Waals surface area contributed by atoms with Crippen molar-refractivity contribution in [3.05, 3.63) is 0 Å². The second kappa shape index (κ2) is 47.9. The van der Waals surface area contributed by atoms with Crippen LogP contribution in [0.5, 0.6) is 0 Å². The van der Waals surface area contributed by atoms with Gasteiger partial charge in [0.05, 0.1) is 78.2 Å². The number of aliphatic carboxylic acids is 1. The van der Waals surface area contributed by atoms with Gasteiger partial charge in [-0.3, -0.25) is 24.0 Å². The minimum absolute atomic E-state index is 0.876. The molecule has 10 fully saturated rings. The summed E-state index contributed by atoms with van der Waals surface area (Å²) < 4.78 is 111. The molecule has 0 saturated carbocycles. The van der Waals surface area contributed by atoms with Gasteiger partial charge in [0.2, 0.25) is 29.5 Å². The normalized spacial score (nSPS) is 47.0. The molecule has 0 aromatic carbocycles. The first-order chi connectivity index (χ1) is 62.8. The quantitative estimate of drug-likeness (QED) is 0.0275. The molecule has 51 atom stereocenters. The lowest BCUT2D eigenvalue weighted by Crippen LogP contribution is -2.71. The van der Waals surface area contributed by atoms with Gasteiger partial charge < -0.3 is 270 Å². The average molecular weight is 1950 g/mol. The number of hydrogen-bond donors (Lipinski definition) is 35. The third-order valence-corrected chi connectivity index (χ3v) is 23.9. The molecule has 5 amide bonds. The second-order valence-electron chi connectivity index (χ2n) is 33.2. The summed E-state index contributed by atoms with van der Waals surface area (Å²) in [5.74, 6) is -10.7. The fourth-order valence-electron chi connectivity index (χ4n) is 17.1. The Labute approximate surface area is 751 Å². The number of rotatable bonds is 37. The maximum Gasteiger partial charge on any atom is 0.364 e. The third-order valence-electron chi connectivity index (χ3n) is 23.9. The minimum Gasteiger partial charge on any atom is -0.477 e. The molecule has 0 aliphatic carbocycles. The topological polar surface area (TPSA) is 945 Å². The van der Waals surface area contributed by atoms with Crippen molar-refractivity contribution in [1.29, 1.82) is 0 Å². The molecule has 10 rings (SSSR count). The zero-order valence-electron chi connectivity index (χ0n) is 71.0. The van der Waals surface area contributed by atoms with Crippen LogP contribution < -0.4 is 26.6 Å². The average Bonchev–Trinajstić information content (AvgIpc) is 0.747. The van der Waals surface area contributed by atoms with Crippen molar-refractivity contribution < 1.29 is 272 Å². The van der Waals surface area contributed by atoms with Crippen molar-refractivity contribution in [2.24, 2.45) is 0 Å². The van der Waals surface area contributed by atoms with Crippen LogP contribution in [0, 0.1) is 0 Å². The lowest BCUT2D eigenvalue weighted by atomic mass is 9.88. The molecule has 768 valence electrons. The van der Waals surface area contributed by atoms with E-state index in [0.717, 1.165) is 27.7 Å². The predicted molar refractivity (Wildman–Crippen MR) is 406 cm³/mol. The van der Waals surface area contributed by atoms with Gasteiger partial charge in [0, 0.05) is 34.1 Å². The number of aliphatic hydroxyl groups excluding tert-OH is 29. The first kappa shape index (κ1) is 110. The largest absolute Gasteiger partial charge is 0.477 e. The van der Waals surface area contributed by atoms with Crippen molar-refractivity contribution in [3.8, 4) is 0 Å². The van der Waals surface area contributed by atoms with Gasteiger partial charge in [0.25, 0.3) is 5.79 Å². The summed E-state index contributed by atoms with van der Waals surface area (Å²) in [4.78, 5) is 77.6. The van der Waals surface area contributed by atoms with Crippen molar-refractivity contribution >= 4 is 35.5 Å². The van der Waals surface area contributed by atoms with Crippen LogP contribution in [0.25, 0.3) is 0 Å². The number of ether oxygens (including phenoxy) is 19. The van der Waals surface area contributed by atoms with E-state index in [9.17, 15) is 182 Å². The summed E-state index contributed by atoms with van der Waals surface area (Å²) in [5, 5.41) is 345. The van der Waals surface area contributed by atoms with Gasteiger partial charge >= 0.3 is 5.97 Å². The van der Waals surface area contributed by atoms with Gasteiger partial charge in [-0.1, -0.05) is 0 Å². The second-order valence-corrected chi connectivity index (χ2v) is 33.2. The first-order valence-electron chi connectivity index (χ1n) is 41.9. The number of carboxylic acids is 1. The highest BCUT2D eigenvalue weighted by Gasteiger charge is 2.64. The Hall–Kier alpha value is -5.10. The lowest BCUT2D eigenvalue weighted by Gasteiger charge is -2.51. The molecule has 10 aliphatic heterocycles. The summed E-state index contributed by atoms with van der Waals surface area (Å²) in [5.41, 5.74) is 0. The summed E-state index contributed by atoms with van der Waals surface area (Å²) in [6.45, 7) is -9.22. The molecule has 10 aliphatic rings. The molecule has 60 nitrogen and oxygen atoms in total. The van der Waals surface area contributed by atoms with E-state index in [1.165, 1.54) is 0 Å². The van der Waals surface area contributed by atoms with Gasteiger partial charge in [-0.05, 0) is 0 Å². The number of carboxylic acid groups (broad SMARTS) is 1. The van der Waals surface area contributed by atoms with Gasteiger partial charge in [-0.25, -0.2) is 4.79 Å². The van der Waals surface area contributed by atoms with Crippen LogP contribution in [-0.4, -0.2) is 574 Å². The molecular weight excluding hydrogens is 1830 g/mol. The van der Waals surface area contributed by atoms with E-state index in [-0.39, 0.29) is 0 Å². The first-order valence-corrected chi connectivity index (χ1v) is 41.9. The highest BCUT2D eigenvalue weighted by molar-refractivity contribution is 5.78. The number of carbonyl (C=O) groups excluding carboxylic acids is 5. The zero-order valence-corrected chi connectivity index (χ0v) is 71.0. The molecule has 35 N–H and O–H groups in total. The summed E-state index contributed by atoms with van der Waals surface area (Å²) >= 11 is 0. The lowest BCUT2D eigenvalue weighted by molar-refractivity contribution is -0.391. The molecule has 0 bridgehead atoms. The van der Waals surface area contributed by atoms with E-state index in [4.69, 9.17) is 90.0 Å². The third kappa shape index (κ3) is 24.4. The molecule has 10 heterocycles. The van der Waals surface area contributed by atoms with Crippen LogP contribution >= 0.6 is 0 Å². The van der Waals surface area contributed by atoms with Crippen LogP contribution in [-0.2, 0) is 119 Å². The Morgan fingerprint density at radius 1 is 0.323 bits per heavy atom. The van der Waals surface area contributed by atoms with Crippen molar-refractivity contribution in [1.82, 2.24) is 26.6 Å². The predicted octanol–water partition coefficient (Wildman–Crippen LogP) is -23.9. The van der Waals surface area contributed by atoms with Crippen molar-refractivity contribution in [2.45, 2.75) is 346 Å². The van der Waals surface area contributed by atoms with E-state index in [2.05, 4.69) is 26.6 Å². The Balaban J connectivity index is 0.883. The zero-order chi connectivity index (χ0) is 98.3. The number of amides is 5. The smallest absolute Gasteiger partial charge is 0.364 e. The number of hydrogen-bond acceptors (Lipinski definition) is 54. The highest BCUT2D eigenvalue weighted by atomic mass is 16.8. The van der Waals surface area contributed by atoms with Gasteiger partial charge in [-0.2, -0.15) is 0 Å². The monoisotopic (exact) mass is 1950 g/mol. The number of nitrogens with one attached hydrogen (secondary N) is 5. The number of carbonyl (C=O) groups is 6. The summed E-state index contributed by atoms with van der Waals surface area (Å²) in [6.07, 6.45) is -98.7. The SMILES string of the molecule is CC(=O)N[C@H]1[C@H](OC[C@H]2O[C@@H](O[C@H]3[C@@H](O)[C@@H](CO)OC(O)[C@@H]3NC(C)=O)[C@H](O)[C@@H](O[C@@H]3O[C@H](CO)[C@@H](O[C@@H]4O[C@H](CO)[C@H](O)[C@H](O[C@@H]5O[C@H](CO)[C@@H](OC6O[C@H](CO)[C@H](O)[C@H](O[C@]7(C(=O)O)C[C@H](O)[C@@H](NC(=O)CO)[C@H]([C@H](O)[C@H](O)CO)O7)[C@H]6O)[C@H](O)[C@H]5NC(C)=O)[C@H]4O)[C@H](O)[C@H]3NC(C)=O)[C@H]2O)O[C@H](CO)[C@@H](OC2O[C@H](CO)[C@H](O)[C@H](OC3O[C@H](CO)[C@H](O)[C@H](O)[C@H]3O)[C@H]2O)[C@@H]1O. The fourth-order valence-corrected chi connectivity index (χ4v) is 17.1. The molecule has 60 heteroatoms. The minimum atomic E-state index is -3.35. The molecule has 4 unspecified atom stereocenters.